The number of hydrogen-bond acceptors (Lipinski definition) is 0. The number of rotatable bonds is 9. The fraction of sp³-hybridized carbons (Fsp3) is 1.00. The van der Waals surface area contributed by atoms with Crippen LogP contribution in [0.5, 0.6) is 0 Å². The van der Waals surface area contributed by atoms with E-state index >= 15 is 0 Å². The zero-order valence-corrected chi connectivity index (χ0v) is 13.7. The summed E-state index contributed by atoms with van der Waals surface area (Å²) in [5, 5.41) is 0. The van der Waals surface area contributed by atoms with Crippen molar-refractivity contribution in [2.45, 2.75) is 91.4 Å². The molecule has 0 aliphatic heterocycles. The van der Waals surface area contributed by atoms with Gasteiger partial charge in [0.15, 0.2) is 0 Å². The van der Waals surface area contributed by atoms with Crippen LogP contribution in [0.25, 0.3) is 0 Å². The normalized spacial score (nSPS) is 13.1. The van der Waals surface area contributed by atoms with Crippen LogP contribution in [0.15, 0.2) is 0 Å². The molecule has 0 N–H and O–H groups in total. The monoisotopic (exact) mass is 242 g/mol. The Morgan fingerprint density at radius 3 is 1.81 bits per heavy atom. The minimum Gasteiger partial charge on any atom is -0.0695 e. The van der Waals surface area contributed by atoms with E-state index in [1.807, 2.05) is 0 Å². The third kappa shape index (κ3) is 10.7. The van der Waals surface area contributed by atoms with E-state index in [0.717, 1.165) is 0 Å². The minimum absolute atomic E-state index is 0.592. The van der Waals surface area contributed by atoms with Crippen LogP contribution in [0, 0.1) is 5.41 Å². The van der Waals surface area contributed by atoms with Gasteiger partial charge in [0, 0.05) is 8.07 Å². The molecule has 0 bridgehead atoms. The molecule has 0 amide bonds. The molecule has 0 aliphatic rings. The molecular weight excluding hydrogens is 208 g/mol. The molecule has 0 fully saturated rings. The third-order valence-electron chi connectivity index (χ3n) is 3.22. The molecule has 0 heterocycles. The molecular formula is C15H34Si. The van der Waals surface area contributed by atoms with E-state index in [0.29, 0.717) is 5.41 Å². The summed E-state index contributed by atoms with van der Waals surface area (Å²) in [6.07, 6.45) is 10.0. The van der Waals surface area contributed by atoms with E-state index in [2.05, 4.69) is 40.4 Å². The summed E-state index contributed by atoms with van der Waals surface area (Å²) >= 11 is 0. The quantitative estimate of drug-likeness (QED) is 0.338. The molecule has 0 spiro atoms. The van der Waals surface area contributed by atoms with Crippen molar-refractivity contribution >= 4 is 8.07 Å². The lowest BCUT2D eigenvalue weighted by Gasteiger charge is -2.31. The maximum absolute atomic E-state index is 2.50. The molecule has 0 atom stereocenters. The molecule has 0 nitrogen and oxygen atoms in total. The van der Waals surface area contributed by atoms with Gasteiger partial charge in [-0.2, -0.15) is 0 Å². The molecule has 0 saturated heterocycles. The lowest BCUT2D eigenvalue weighted by Crippen LogP contribution is -2.28. The maximum atomic E-state index is 2.50. The summed E-state index contributed by atoms with van der Waals surface area (Å²) in [6, 6.07) is 1.48. The second kappa shape index (κ2) is 7.52. The van der Waals surface area contributed by atoms with Gasteiger partial charge < -0.3 is 0 Å². The summed E-state index contributed by atoms with van der Waals surface area (Å²) in [7, 11) is -0.874. The van der Waals surface area contributed by atoms with Gasteiger partial charge in [-0.05, 0) is 11.8 Å². The third-order valence-corrected chi connectivity index (χ3v) is 5.23. The predicted molar refractivity (Wildman–Crippen MR) is 79.9 cm³/mol. The molecule has 98 valence electrons. The molecule has 0 aromatic heterocycles. The van der Waals surface area contributed by atoms with Crippen molar-refractivity contribution in [2.75, 3.05) is 0 Å². The Kier molecular flexibility index (Phi) is 7.63. The molecule has 0 aromatic carbocycles. The van der Waals surface area contributed by atoms with Gasteiger partial charge in [0.1, 0.15) is 0 Å². The van der Waals surface area contributed by atoms with Gasteiger partial charge in [-0.25, -0.2) is 0 Å². The predicted octanol–water partition coefficient (Wildman–Crippen LogP) is 6.10. The van der Waals surface area contributed by atoms with Crippen molar-refractivity contribution in [3.8, 4) is 0 Å². The highest BCUT2D eigenvalue weighted by molar-refractivity contribution is 6.76. The van der Waals surface area contributed by atoms with Crippen LogP contribution in [0.4, 0.5) is 0 Å². The average Bonchev–Trinajstić information content (AvgIpc) is 2.06. The van der Waals surface area contributed by atoms with Crippen LogP contribution in [-0.4, -0.2) is 8.07 Å². The van der Waals surface area contributed by atoms with E-state index in [-0.39, 0.29) is 0 Å². The zero-order chi connectivity index (χ0) is 12.7. The van der Waals surface area contributed by atoms with Gasteiger partial charge in [-0.3, -0.25) is 0 Å². The van der Waals surface area contributed by atoms with E-state index in [1.165, 1.54) is 51.0 Å². The van der Waals surface area contributed by atoms with Crippen molar-refractivity contribution in [1.29, 1.82) is 0 Å². The first-order valence-corrected chi connectivity index (χ1v) is 11.0. The van der Waals surface area contributed by atoms with Crippen molar-refractivity contribution in [3.63, 3.8) is 0 Å². The van der Waals surface area contributed by atoms with Crippen LogP contribution in [0.1, 0.15) is 65.7 Å². The van der Waals surface area contributed by atoms with Crippen LogP contribution in [0.2, 0.25) is 25.7 Å². The summed E-state index contributed by atoms with van der Waals surface area (Å²) in [6.45, 7) is 14.7. The summed E-state index contributed by atoms with van der Waals surface area (Å²) in [4.78, 5) is 0. The highest BCUT2D eigenvalue weighted by atomic mass is 28.3. The van der Waals surface area contributed by atoms with E-state index in [4.69, 9.17) is 0 Å². The Morgan fingerprint density at radius 2 is 1.31 bits per heavy atom. The maximum Gasteiger partial charge on any atom is 0.0447 e. The van der Waals surface area contributed by atoms with Crippen molar-refractivity contribution in [2.24, 2.45) is 5.41 Å². The van der Waals surface area contributed by atoms with Crippen LogP contribution < -0.4 is 0 Å². The topological polar surface area (TPSA) is 0 Å². The number of hydrogen-bond donors (Lipinski definition) is 0. The lowest BCUT2D eigenvalue weighted by atomic mass is 9.89. The van der Waals surface area contributed by atoms with Crippen LogP contribution in [0.3, 0.4) is 0 Å². The van der Waals surface area contributed by atoms with Crippen LogP contribution in [-0.2, 0) is 0 Å². The smallest absolute Gasteiger partial charge is 0.0447 e. The van der Waals surface area contributed by atoms with Gasteiger partial charge in [-0.15, -0.1) is 0 Å². The molecule has 16 heavy (non-hydrogen) atoms. The number of unbranched alkanes of at least 4 members (excludes halogenated alkanes) is 5. The Labute approximate surface area is 105 Å². The molecule has 0 radical (unpaired) electrons. The summed E-state index contributed by atoms with van der Waals surface area (Å²) in [5.41, 5.74) is 0.592. The first kappa shape index (κ1) is 16.2. The van der Waals surface area contributed by atoms with Gasteiger partial charge in [0.2, 0.25) is 0 Å². The SMILES string of the molecule is CCCCCCCCC(C)(C)C[Si](C)(C)C. The molecule has 0 aromatic rings. The Balaban J connectivity index is 3.58. The van der Waals surface area contributed by atoms with Crippen molar-refractivity contribution in [3.05, 3.63) is 0 Å². The fourth-order valence-corrected chi connectivity index (χ4v) is 5.96. The Hall–Kier alpha value is 0.217. The van der Waals surface area contributed by atoms with Gasteiger partial charge in [-0.1, -0.05) is 85.0 Å². The summed E-state index contributed by atoms with van der Waals surface area (Å²) in [5.74, 6) is 0. The minimum atomic E-state index is -0.874. The van der Waals surface area contributed by atoms with Gasteiger partial charge in [0.05, 0.1) is 0 Å². The Bertz CT molecular complexity index is 165. The van der Waals surface area contributed by atoms with E-state index < -0.39 is 8.07 Å². The zero-order valence-electron chi connectivity index (χ0n) is 12.7. The first-order valence-electron chi connectivity index (χ1n) is 7.27. The van der Waals surface area contributed by atoms with Crippen molar-refractivity contribution < 1.29 is 0 Å². The second-order valence-electron chi connectivity index (χ2n) is 7.42. The molecule has 0 unspecified atom stereocenters. The fourth-order valence-electron chi connectivity index (χ4n) is 2.91. The lowest BCUT2D eigenvalue weighted by molar-refractivity contribution is 0.352. The highest BCUT2D eigenvalue weighted by Crippen LogP contribution is 2.33. The largest absolute Gasteiger partial charge is 0.0695 e. The molecule has 0 rings (SSSR count). The molecule has 0 aliphatic carbocycles. The van der Waals surface area contributed by atoms with Crippen LogP contribution >= 0.6 is 0 Å². The summed E-state index contributed by atoms with van der Waals surface area (Å²) < 4.78 is 0. The standard InChI is InChI=1S/C15H34Si/c1-7-8-9-10-11-12-13-15(2,3)14-16(4,5)6/h7-14H2,1-6H3. The molecule has 1 heteroatoms. The van der Waals surface area contributed by atoms with Gasteiger partial charge in [0.25, 0.3) is 0 Å². The van der Waals surface area contributed by atoms with E-state index in [1.54, 1.807) is 0 Å². The highest BCUT2D eigenvalue weighted by Gasteiger charge is 2.25. The second-order valence-corrected chi connectivity index (χ2v) is 12.9. The Morgan fingerprint density at radius 1 is 0.812 bits per heavy atom. The molecule has 0 saturated carbocycles. The average molecular weight is 243 g/mol. The first-order chi connectivity index (χ1) is 7.27. The van der Waals surface area contributed by atoms with Crippen molar-refractivity contribution in [1.82, 2.24) is 0 Å². The van der Waals surface area contributed by atoms with Gasteiger partial charge >= 0.3 is 0 Å². The van der Waals surface area contributed by atoms with E-state index in [9.17, 15) is 0 Å².